The maximum absolute atomic E-state index is 10.5. The molecule has 0 amide bonds. The van der Waals surface area contributed by atoms with E-state index in [1.807, 2.05) is 0 Å². The van der Waals surface area contributed by atoms with E-state index >= 15 is 0 Å². The number of aliphatic hydroxyl groups is 1. The maximum Gasteiger partial charge on any atom is 0.0900 e. The van der Waals surface area contributed by atoms with Crippen molar-refractivity contribution in [3.63, 3.8) is 0 Å². The molecule has 2 fully saturated rings. The molecule has 2 aliphatic rings. The summed E-state index contributed by atoms with van der Waals surface area (Å²) in [6.07, 6.45) is 2.08. The number of likely N-dealkylation sites (N-methyl/N-ethyl adjacent to an activating group) is 1. The van der Waals surface area contributed by atoms with Crippen molar-refractivity contribution in [1.29, 1.82) is 0 Å². The molecule has 4 heteroatoms. The number of β-amino-alcohol motifs (C(OH)–C–C–N with tert-alkyl or cyclic N) is 1. The fraction of sp³-hybridized carbons (Fsp3) is 1.00. The minimum Gasteiger partial charge on any atom is -0.387 e. The van der Waals surface area contributed by atoms with Gasteiger partial charge in [-0.05, 0) is 26.4 Å². The molecule has 2 aliphatic heterocycles. The molecule has 4 nitrogen and oxygen atoms in total. The highest BCUT2D eigenvalue weighted by Crippen LogP contribution is 2.21. The van der Waals surface area contributed by atoms with Crippen LogP contribution in [0, 0.1) is 0 Å². The molecule has 0 aromatic heterocycles. The number of nitrogens with one attached hydrogen (secondary N) is 1. The molecule has 1 unspecified atom stereocenters. The molecule has 88 valence electrons. The Hall–Kier alpha value is -0.160. The van der Waals surface area contributed by atoms with E-state index in [2.05, 4.69) is 22.2 Å². The van der Waals surface area contributed by atoms with Crippen LogP contribution in [0.4, 0.5) is 0 Å². The number of piperazine rings is 1. The second kappa shape index (κ2) is 4.78. The van der Waals surface area contributed by atoms with Crippen LogP contribution in [0.3, 0.4) is 0 Å². The zero-order valence-electron chi connectivity index (χ0n) is 9.71. The molecule has 0 radical (unpaired) electrons. The van der Waals surface area contributed by atoms with Crippen LogP contribution in [0.15, 0.2) is 0 Å². The Kier molecular flexibility index (Phi) is 3.61. The molecular formula is C11H23N3O. The normalized spacial score (nSPS) is 35.6. The number of hydrogen-bond donors (Lipinski definition) is 2. The number of hydrogen-bond acceptors (Lipinski definition) is 4. The molecule has 0 spiro atoms. The van der Waals surface area contributed by atoms with Crippen LogP contribution in [0.2, 0.25) is 0 Å². The fourth-order valence-corrected chi connectivity index (χ4v) is 2.75. The smallest absolute Gasteiger partial charge is 0.0900 e. The van der Waals surface area contributed by atoms with E-state index in [1.54, 1.807) is 0 Å². The summed E-state index contributed by atoms with van der Waals surface area (Å²) < 4.78 is 0. The molecule has 15 heavy (non-hydrogen) atoms. The van der Waals surface area contributed by atoms with Gasteiger partial charge in [-0.2, -0.15) is 0 Å². The SMILES string of the molecule is CN1CCCC(O)(CN2CCNCC2)C1. The molecule has 0 aromatic carbocycles. The van der Waals surface area contributed by atoms with Gasteiger partial charge in [0.15, 0.2) is 0 Å². The average Bonchev–Trinajstić information content (AvgIpc) is 2.18. The third-order valence-corrected chi connectivity index (χ3v) is 3.47. The molecule has 2 N–H and O–H groups in total. The molecule has 1 atom stereocenters. The van der Waals surface area contributed by atoms with Gasteiger partial charge in [-0.1, -0.05) is 0 Å². The molecule has 0 aromatic rings. The fourth-order valence-electron chi connectivity index (χ4n) is 2.75. The lowest BCUT2D eigenvalue weighted by Crippen LogP contribution is -2.56. The van der Waals surface area contributed by atoms with E-state index in [4.69, 9.17) is 0 Å². The monoisotopic (exact) mass is 213 g/mol. The van der Waals surface area contributed by atoms with Gasteiger partial charge in [0.2, 0.25) is 0 Å². The van der Waals surface area contributed by atoms with E-state index in [1.165, 1.54) is 0 Å². The second-order valence-electron chi connectivity index (χ2n) is 5.09. The lowest BCUT2D eigenvalue weighted by atomic mass is 9.92. The Morgan fingerprint density at radius 1 is 1.27 bits per heavy atom. The molecule has 2 saturated heterocycles. The van der Waals surface area contributed by atoms with Gasteiger partial charge >= 0.3 is 0 Å². The predicted octanol–water partition coefficient (Wildman–Crippen LogP) is -0.652. The highest BCUT2D eigenvalue weighted by Gasteiger charge is 2.33. The Morgan fingerprint density at radius 2 is 2.00 bits per heavy atom. The molecule has 0 bridgehead atoms. The molecule has 2 heterocycles. The first-order chi connectivity index (χ1) is 7.18. The summed E-state index contributed by atoms with van der Waals surface area (Å²) in [7, 11) is 2.10. The lowest BCUT2D eigenvalue weighted by Gasteiger charge is -2.41. The summed E-state index contributed by atoms with van der Waals surface area (Å²) in [4.78, 5) is 4.63. The van der Waals surface area contributed by atoms with Gasteiger partial charge in [0, 0.05) is 39.3 Å². The van der Waals surface area contributed by atoms with E-state index < -0.39 is 5.60 Å². The van der Waals surface area contributed by atoms with Crippen molar-refractivity contribution in [2.45, 2.75) is 18.4 Å². The molecular weight excluding hydrogens is 190 g/mol. The largest absolute Gasteiger partial charge is 0.387 e. The lowest BCUT2D eigenvalue weighted by molar-refractivity contribution is -0.0487. The van der Waals surface area contributed by atoms with Gasteiger partial charge in [0.25, 0.3) is 0 Å². The third kappa shape index (κ3) is 3.14. The summed E-state index contributed by atoms with van der Waals surface area (Å²) >= 11 is 0. The quantitative estimate of drug-likeness (QED) is 0.639. The highest BCUT2D eigenvalue weighted by molar-refractivity contribution is 4.89. The molecule has 2 rings (SSSR count). The Morgan fingerprint density at radius 3 is 2.67 bits per heavy atom. The summed E-state index contributed by atoms with van der Waals surface area (Å²) in [5, 5.41) is 13.8. The predicted molar refractivity (Wildman–Crippen MR) is 61.0 cm³/mol. The van der Waals surface area contributed by atoms with Crippen molar-refractivity contribution in [3.05, 3.63) is 0 Å². The highest BCUT2D eigenvalue weighted by atomic mass is 16.3. The summed E-state index contributed by atoms with van der Waals surface area (Å²) in [6.45, 7) is 7.08. The van der Waals surface area contributed by atoms with Gasteiger partial charge in [-0.25, -0.2) is 0 Å². The summed E-state index contributed by atoms with van der Waals surface area (Å²) in [6, 6.07) is 0. The number of piperidine rings is 1. The van der Waals surface area contributed by atoms with Crippen molar-refractivity contribution in [1.82, 2.24) is 15.1 Å². The topological polar surface area (TPSA) is 38.7 Å². The minimum absolute atomic E-state index is 0.468. The first kappa shape index (κ1) is 11.3. The van der Waals surface area contributed by atoms with Crippen LogP contribution in [0.25, 0.3) is 0 Å². The minimum atomic E-state index is -0.468. The zero-order valence-corrected chi connectivity index (χ0v) is 9.71. The third-order valence-electron chi connectivity index (χ3n) is 3.47. The van der Waals surface area contributed by atoms with E-state index in [-0.39, 0.29) is 0 Å². The molecule has 0 saturated carbocycles. The van der Waals surface area contributed by atoms with Crippen LogP contribution < -0.4 is 5.32 Å². The summed E-state index contributed by atoms with van der Waals surface area (Å²) in [5.41, 5.74) is -0.468. The second-order valence-corrected chi connectivity index (χ2v) is 5.09. The Labute approximate surface area is 92.2 Å². The van der Waals surface area contributed by atoms with E-state index in [0.29, 0.717) is 0 Å². The first-order valence-electron chi connectivity index (χ1n) is 6.02. The van der Waals surface area contributed by atoms with Crippen LogP contribution in [-0.2, 0) is 0 Å². The average molecular weight is 213 g/mol. The van der Waals surface area contributed by atoms with Crippen LogP contribution in [0.1, 0.15) is 12.8 Å². The van der Waals surface area contributed by atoms with Crippen molar-refractivity contribution in [2.24, 2.45) is 0 Å². The number of rotatable bonds is 2. The van der Waals surface area contributed by atoms with E-state index in [0.717, 1.165) is 58.7 Å². The first-order valence-corrected chi connectivity index (χ1v) is 6.02. The molecule has 0 aliphatic carbocycles. The van der Waals surface area contributed by atoms with Gasteiger partial charge < -0.3 is 15.3 Å². The van der Waals surface area contributed by atoms with Crippen molar-refractivity contribution in [3.8, 4) is 0 Å². The standard InChI is InChI=1S/C11H23N3O/c1-13-6-2-3-11(15,9-13)10-14-7-4-12-5-8-14/h12,15H,2-10H2,1H3. The Bertz CT molecular complexity index is 206. The maximum atomic E-state index is 10.5. The summed E-state index contributed by atoms with van der Waals surface area (Å²) in [5.74, 6) is 0. The van der Waals surface area contributed by atoms with Crippen molar-refractivity contribution >= 4 is 0 Å². The number of nitrogens with zero attached hydrogens (tertiary/aromatic N) is 2. The van der Waals surface area contributed by atoms with Gasteiger partial charge in [0.05, 0.1) is 5.60 Å². The Balaban J connectivity index is 1.85. The van der Waals surface area contributed by atoms with Crippen molar-refractivity contribution in [2.75, 3.05) is 52.9 Å². The number of likely N-dealkylation sites (tertiary alicyclic amines) is 1. The van der Waals surface area contributed by atoms with Gasteiger partial charge in [-0.3, -0.25) is 4.90 Å². The van der Waals surface area contributed by atoms with E-state index in [9.17, 15) is 5.11 Å². The van der Waals surface area contributed by atoms with Gasteiger partial charge in [0.1, 0.15) is 0 Å². The van der Waals surface area contributed by atoms with Crippen LogP contribution in [0.5, 0.6) is 0 Å². The zero-order chi connectivity index (χ0) is 10.7. The van der Waals surface area contributed by atoms with Crippen molar-refractivity contribution < 1.29 is 5.11 Å². The van der Waals surface area contributed by atoms with Crippen LogP contribution >= 0.6 is 0 Å². The van der Waals surface area contributed by atoms with Gasteiger partial charge in [-0.15, -0.1) is 0 Å². The van der Waals surface area contributed by atoms with Crippen LogP contribution in [-0.4, -0.2) is 73.4 Å².